The highest BCUT2D eigenvalue weighted by Gasteiger charge is 2.06. The van der Waals surface area contributed by atoms with Crippen molar-refractivity contribution in [2.24, 2.45) is 0 Å². The number of amides is 1. The second-order valence-corrected chi connectivity index (χ2v) is 4.82. The van der Waals surface area contributed by atoms with E-state index in [4.69, 9.17) is 0 Å². The van der Waals surface area contributed by atoms with Gasteiger partial charge in [-0.15, -0.1) is 0 Å². The van der Waals surface area contributed by atoms with Crippen LogP contribution in [-0.4, -0.2) is 10.9 Å². The molecule has 1 heterocycles. The smallest absolute Gasteiger partial charge is 0.251 e. The van der Waals surface area contributed by atoms with Gasteiger partial charge < -0.3 is 5.32 Å². The van der Waals surface area contributed by atoms with Gasteiger partial charge in [0.1, 0.15) is 0 Å². The summed E-state index contributed by atoms with van der Waals surface area (Å²) in [5, 5.41) is 2.84. The van der Waals surface area contributed by atoms with Gasteiger partial charge in [0.25, 0.3) is 5.91 Å². The lowest BCUT2D eigenvalue weighted by atomic mass is 10.1. The van der Waals surface area contributed by atoms with Crippen molar-refractivity contribution < 1.29 is 4.79 Å². The number of nitrogens with one attached hydrogen (secondary N) is 1. The number of rotatable bonds is 3. The summed E-state index contributed by atoms with van der Waals surface area (Å²) in [6.07, 6.45) is 1.71. The predicted molar refractivity (Wildman–Crippen MR) is 74.3 cm³/mol. The quantitative estimate of drug-likeness (QED) is 0.947. The molecule has 3 nitrogen and oxygen atoms in total. The summed E-state index contributed by atoms with van der Waals surface area (Å²) in [5.41, 5.74) is 2.59. The molecule has 0 bridgehead atoms. The molecule has 0 aliphatic carbocycles. The predicted octanol–water partition coefficient (Wildman–Crippen LogP) is 3.08. The normalized spacial score (nSPS) is 10.1. The Hall–Kier alpha value is -1.68. The van der Waals surface area contributed by atoms with Crippen LogP contribution in [0.3, 0.4) is 0 Å². The zero-order chi connectivity index (χ0) is 13.0. The first-order chi connectivity index (χ1) is 8.66. The van der Waals surface area contributed by atoms with Crippen LogP contribution in [0.15, 0.2) is 47.1 Å². The van der Waals surface area contributed by atoms with Gasteiger partial charge in [0, 0.05) is 16.2 Å². The molecule has 18 heavy (non-hydrogen) atoms. The van der Waals surface area contributed by atoms with Gasteiger partial charge in [-0.05, 0) is 36.8 Å². The van der Waals surface area contributed by atoms with Crippen LogP contribution >= 0.6 is 15.9 Å². The monoisotopic (exact) mass is 304 g/mol. The number of pyridine rings is 1. The number of hydrogen-bond acceptors (Lipinski definition) is 2. The van der Waals surface area contributed by atoms with Gasteiger partial charge in [-0.25, -0.2) is 0 Å². The van der Waals surface area contributed by atoms with E-state index in [0.717, 1.165) is 15.7 Å². The van der Waals surface area contributed by atoms with Gasteiger partial charge in [-0.1, -0.05) is 28.1 Å². The molecule has 1 aromatic carbocycles. The van der Waals surface area contributed by atoms with Crippen molar-refractivity contribution in [2.45, 2.75) is 13.5 Å². The summed E-state index contributed by atoms with van der Waals surface area (Å²) in [6.45, 7) is 2.42. The highest BCUT2D eigenvalue weighted by atomic mass is 79.9. The van der Waals surface area contributed by atoms with E-state index in [1.165, 1.54) is 0 Å². The topological polar surface area (TPSA) is 42.0 Å². The Balaban J connectivity index is 2.02. The summed E-state index contributed by atoms with van der Waals surface area (Å²) in [4.78, 5) is 16.1. The molecule has 92 valence electrons. The van der Waals surface area contributed by atoms with Crippen LogP contribution in [0.4, 0.5) is 0 Å². The SMILES string of the molecule is Cc1ccc(C(=O)NCc2ccccn2)cc1Br. The fourth-order valence-corrected chi connectivity index (χ4v) is 1.89. The van der Waals surface area contributed by atoms with Gasteiger partial charge >= 0.3 is 0 Å². The molecule has 0 radical (unpaired) electrons. The third kappa shape index (κ3) is 3.17. The van der Waals surface area contributed by atoms with Crippen LogP contribution in [0.1, 0.15) is 21.6 Å². The van der Waals surface area contributed by atoms with Crippen molar-refractivity contribution in [1.82, 2.24) is 10.3 Å². The molecular formula is C14H13BrN2O. The Bertz CT molecular complexity index is 555. The standard InChI is InChI=1S/C14H13BrN2O/c1-10-5-6-11(8-13(10)15)14(18)17-9-12-4-2-3-7-16-12/h2-8H,9H2,1H3,(H,17,18). The van der Waals surface area contributed by atoms with E-state index < -0.39 is 0 Å². The van der Waals surface area contributed by atoms with E-state index in [2.05, 4.69) is 26.2 Å². The number of hydrogen-bond donors (Lipinski definition) is 1. The first kappa shape index (κ1) is 12.8. The first-order valence-corrected chi connectivity index (χ1v) is 6.40. The summed E-state index contributed by atoms with van der Waals surface area (Å²) in [6, 6.07) is 11.2. The second-order valence-electron chi connectivity index (χ2n) is 3.97. The average Bonchev–Trinajstić information content (AvgIpc) is 2.40. The molecule has 2 aromatic rings. The van der Waals surface area contributed by atoms with Crippen LogP contribution in [0, 0.1) is 6.92 Å². The number of halogens is 1. The number of aryl methyl sites for hydroxylation is 1. The highest BCUT2D eigenvalue weighted by molar-refractivity contribution is 9.10. The maximum absolute atomic E-state index is 11.9. The molecule has 0 aliphatic heterocycles. The fraction of sp³-hybridized carbons (Fsp3) is 0.143. The third-order valence-corrected chi connectivity index (χ3v) is 3.44. The minimum Gasteiger partial charge on any atom is -0.346 e. The van der Waals surface area contributed by atoms with Gasteiger partial charge in [-0.3, -0.25) is 9.78 Å². The van der Waals surface area contributed by atoms with Crippen LogP contribution in [0.2, 0.25) is 0 Å². The molecule has 0 unspecified atom stereocenters. The summed E-state index contributed by atoms with van der Waals surface area (Å²) < 4.78 is 0.938. The number of carbonyl (C=O) groups is 1. The summed E-state index contributed by atoms with van der Waals surface area (Å²) in [7, 11) is 0. The molecule has 4 heteroatoms. The van der Waals surface area contributed by atoms with Crippen LogP contribution < -0.4 is 5.32 Å². The molecule has 0 fully saturated rings. The maximum Gasteiger partial charge on any atom is 0.251 e. The van der Waals surface area contributed by atoms with Crippen molar-refractivity contribution in [3.05, 3.63) is 63.9 Å². The van der Waals surface area contributed by atoms with Gasteiger partial charge in [0.05, 0.1) is 12.2 Å². The van der Waals surface area contributed by atoms with E-state index in [1.54, 1.807) is 6.20 Å². The highest BCUT2D eigenvalue weighted by Crippen LogP contribution is 2.17. The Labute approximate surface area is 114 Å². The molecule has 1 amide bonds. The number of nitrogens with zero attached hydrogens (tertiary/aromatic N) is 1. The van der Waals surface area contributed by atoms with Crippen molar-refractivity contribution in [2.75, 3.05) is 0 Å². The number of aromatic nitrogens is 1. The van der Waals surface area contributed by atoms with Gasteiger partial charge in [-0.2, -0.15) is 0 Å². The van der Waals surface area contributed by atoms with E-state index in [1.807, 2.05) is 43.3 Å². The Morgan fingerprint density at radius 1 is 1.33 bits per heavy atom. The van der Waals surface area contributed by atoms with Crippen LogP contribution in [0.5, 0.6) is 0 Å². The Morgan fingerprint density at radius 3 is 2.83 bits per heavy atom. The van der Waals surface area contributed by atoms with Crippen LogP contribution in [0.25, 0.3) is 0 Å². The molecule has 2 rings (SSSR count). The zero-order valence-electron chi connectivity index (χ0n) is 9.98. The van der Waals surface area contributed by atoms with E-state index in [-0.39, 0.29) is 5.91 Å². The van der Waals surface area contributed by atoms with Gasteiger partial charge in [0.2, 0.25) is 0 Å². The average molecular weight is 305 g/mol. The van der Waals surface area contributed by atoms with E-state index in [9.17, 15) is 4.79 Å². The lowest BCUT2D eigenvalue weighted by Crippen LogP contribution is -2.23. The second kappa shape index (κ2) is 5.78. The van der Waals surface area contributed by atoms with Crippen molar-refractivity contribution in [3.63, 3.8) is 0 Å². The Kier molecular flexibility index (Phi) is 4.10. The molecule has 0 saturated heterocycles. The van der Waals surface area contributed by atoms with Crippen molar-refractivity contribution in [1.29, 1.82) is 0 Å². The fourth-order valence-electron chi connectivity index (χ4n) is 1.51. The lowest BCUT2D eigenvalue weighted by Gasteiger charge is -2.06. The molecule has 0 spiro atoms. The molecule has 0 saturated carbocycles. The summed E-state index contributed by atoms with van der Waals surface area (Å²) in [5.74, 6) is -0.0960. The molecular weight excluding hydrogens is 292 g/mol. The Morgan fingerprint density at radius 2 is 2.17 bits per heavy atom. The number of benzene rings is 1. The number of carbonyl (C=O) groups excluding carboxylic acids is 1. The molecule has 1 N–H and O–H groups in total. The van der Waals surface area contributed by atoms with Crippen molar-refractivity contribution in [3.8, 4) is 0 Å². The minimum absolute atomic E-state index is 0.0960. The molecule has 0 aliphatic rings. The molecule has 0 atom stereocenters. The first-order valence-electron chi connectivity index (χ1n) is 5.61. The van der Waals surface area contributed by atoms with E-state index >= 15 is 0 Å². The third-order valence-electron chi connectivity index (χ3n) is 2.59. The van der Waals surface area contributed by atoms with E-state index in [0.29, 0.717) is 12.1 Å². The lowest BCUT2D eigenvalue weighted by molar-refractivity contribution is 0.0950. The van der Waals surface area contributed by atoms with Crippen LogP contribution in [-0.2, 0) is 6.54 Å². The van der Waals surface area contributed by atoms with Gasteiger partial charge in [0.15, 0.2) is 0 Å². The largest absolute Gasteiger partial charge is 0.346 e. The van der Waals surface area contributed by atoms with Crippen molar-refractivity contribution >= 4 is 21.8 Å². The zero-order valence-corrected chi connectivity index (χ0v) is 11.6. The minimum atomic E-state index is -0.0960. The summed E-state index contributed by atoms with van der Waals surface area (Å²) >= 11 is 3.42. The maximum atomic E-state index is 11.9. The molecule has 1 aromatic heterocycles.